The first-order valence-corrected chi connectivity index (χ1v) is 6.56. The van der Waals surface area contributed by atoms with Gasteiger partial charge in [-0.1, -0.05) is 29.8 Å². The van der Waals surface area contributed by atoms with E-state index in [1.807, 2.05) is 25.1 Å². The summed E-state index contributed by atoms with van der Waals surface area (Å²) in [4.78, 5) is 18.5. The normalized spacial score (nSPS) is 11.8. The minimum atomic E-state index is -1.21. The second-order valence-electron chi connectivity index (χ2n) is 4.31. The van der Waals surface area contributed by atoms with Gasteiger partial charge in [0.15, 0.2) is 0 Å². The topological polar surface area (TPSA) is 84.3 Å². The molecule has 0 saturated carbocycles. The Balaban J connectivity index is 2.27. The molecule has 6 nitrogen and oxygen atoms in total. The number of rotatable bonds is 5. The number of hydrogen-bond acceptors (Lipinski definition) is 5. The van der Waals surface area contributed by atoms with Crippen LogP contribution < -0.4 is 10.1 Å². The van der Waals surface area contributed by atoms with Crippen molar-refractivity contribution >= 4 is 23.3 Å². The van der Waals surface area contributed by atoms with Crippen molar-refractivity contribution in [3.63, 3.8) is 0 Å². The van der Waals surface area contributed by atoms with Crippen molar-refractivity contribution in [1.29, 1.82) is 0 Å². The molecule has 1 atom stereocenters. The van der Waals surface area contributed by atoms with Gasteiger partial charge in [-0.25, -0.2) is 9.78 Å². The van der Waals surface area contributed by atoms with Gasteiger partial charge in [0.05, 0.1) is 19.3 Å². The molecule has 0 amide bonds. The summed E-state index contributed by atoms with van der Waals surface area (Å²) in [5, 5.41) is 12.7. The number of hydrogen-bond donors (Lipinski definition) is 2. The summed E-state index contributed by atoms with van der Waals surface area (Å²) in [5.74, 6) is -1.36. The van der Waals surface area contributed by atoms with Crippen molar-refractivity contribution in [2.75, 3.05) is 12.4 Å². The molecule has 0 radical (unpaired) electrons. The van der Waals surface area contributed by atoms with Crippen LogP contribution in [0.2, 0.25) is 5.02 Å². The standard InChI is InChI=1S/C14H14ClN3O3/c1-8(9-5-3-4-6-10(9)15)17-11-7-16-12(14(19)20)18-13(11)21-2/h3-8,17H,1-2H3,(H,19,20)/t8-/m0/s1. The Hall–Kier alpha value is -2.34. The maximum Gasteiger partial charge on any atom is 0.374 e. The second kappa shape index (κ2) is 6.41. The third kappa shape index (κ3) is 3.41. The van der Waals surface area contributed by atoms with Crippen LogP contribution in [0.4, 0.5) is 5.69 Å². The minimum Gasteiger partial charge on any atom is -0.479 e. The number of anilines is 1. The zero-order valence-electron chi connectivity index (χ0n) is 11.5. The first-order valence-electron chi connectivity index (χ1n) is 6.18. The van der Waals surface area contributed by atoms with Crippen LogP contribution >= 0.6 is 11.6 Å². The van der Waals surface area contributed by atoms with E-state index in [2.05, 4.69) is 15.3 Å². The first-order chi connectivity index (χ1) is 10.0. The molecule has 1 heterocycles. The number of carboxylic acid groups (broad SMARTS) is 1. The van der Waals surface area contributed by atoms with Crippen LogP contribution in [0.5, 0.6) is 5.88 Å². The van der Waals surface area contributed by atoms with Gasteiger partial charge in [-0.05, 0) is 18.6 Å². The number of aromatic carboxylic acids is 1. The van der Waals surface area contributed by atoms with Gasteiger partial charge in [-0.3, -0.25) is 0 Å². The van der Waals surface area contributed by atoms with Crippen LogP contribution in [0.25, 0.3) is 0 Å². The molecule has 110 valence electrons. The van der Waals surface area contributed by atoms with Crippen LogP contribution in [-0.4, -0.2) is 28.2 Å². The Morgan fingerprint density at radius 3 is 2.76 bits per heavy atom. The molecule has 7 heteroatoms. The molecule has 2 N–H and O–H groups in total. The van der Waals surface area contributed by atoms with Crippen LogP contribution in [0, 0.1) is 0 Å². The Kier molecular flexibility index (Phi) is 4.59. The summed E-state index contributed by atoms with van der Waals surface area (Å²) < 4.78 is 5.09. The van der Waals surface area contributed by atoms with Gasteiger partial charge in [0.25, 0.3) is 0 Å². The van der Waals surface area contributed by atoms with E-state index in [-0.39, 0.29) is 17.7 Å². The highest BCUT2D eigenvalue weighted by Gasteiger charge is 2.15. The van der Waals surface area contributed by atoms with Crippen LogP contribution in [0.1, 0.15) is 29.1 Å². The Morgan fingerprint density at radius 1 is 1.43 bits per heavy atom. The average molecular weight is 308 g/mol. The molecule has 0 aliphatic carbocycles. The van der Waals surface area contributed by atoms with Gasteiger partial charge in [-0.2, -0.15) is 4.98 Å². The van der Waals surface area contributed by atoms with Crippen molar-refractivity contribution in [3.05, 3.63) is 46.9 Å². The first kappa shape index (κ1) is 15.1. The fraction of sp³-hybridized carbons (Fsp3) is 0.214. The molecule has 0 saturated heterocycles. The van der Waals surface area contributed by atoms with E-state index in [1.165, 1.54) is 13.3 Å². The van der Waals surface area contributed by atoms with E-state index in [4.69, 9.17) is 21.4 Å². The summed E-state index contributed by atoms with van der Waals surface area (Å²) in [7, 11) is 1.42. The number of nitrogens with one attached hydrogen (secondary N) is 1. The highest BCUT2D eigenvalue weighted by molar-refractivity contribution is 6.31. The minimum absolute atomic E-state index is 0.119. The number of halogens is 1. The van der Waals surface area contributed by atoms with Gasteiger partial charge in [0.2, 0.25) is 11.7 Å². The quantitative estimate of drug-likeness (QED) is 0.883. The van der Waals surface area contributed by atoms with Gasteiger partial charge in [0.1, 0.15) is 5.69 Å². The van der Waals surface area contributed by atoms with E-state index in [0.717, 1.165) is 5.56 Å². The van der Waals surface area contributed by atoms with Crippen LogP contribution in [0.3, 0.4) is 0 Å². The third-order valence-corrected chi connectivity index (χ3v) is 3.23. The number of carbonyl (C=O) groups is 1. The van der Waals surface area contributed by atoms with Gasteiger partial charge >= 0.3 is 5.97 Å². The summed E-state index contributed by atoms with van der Waals surface area (Å²) >= 11 is 6.15. The molecule has 1 aromatic carbocycles. The van der Waals surface area contributed by atoms with Gasteiger partial charge in [0, 0.05) is 5.02 Å². The molecule has 0 spiro atoms. The molecular weight excluding hydrogens is 294 g/mol. The number of ether oxygens (including phenoxy) is 1. The van der Waals surface area contributed by atoms with E-state index in [1.54, 1.807) is 6.07 Å². The molecule has 21 heavy (non-hydrogen) atoms. The van der Waals surface area contributed by atoms with Crippen molar-refractivity contribution in [3.8, 4) is 5.88 Å². The van der Waals surface area contributed by atoms with E-state index < -0.39 is 5.97 Å². The summed E-state index contributed by atoms with van der Waals surface area (Å²) in [6.07, 6.45) is 1.38. The molecule has 0 aliphatic rings. The van der Waals surface area contributed by atoms with E-state index >= 15 is 0 Å². The molecular formula is C14H14ClN3O3. The fourth-order valence-electron chi connectivity index (χ4n) is 1.86. The Labute approximate surface area is 126 Å². The molecule has 2 aromatic rings. The predicted octanol–water partition coefficient (Wildman–Crippen LogP) is 3.01. The molecule has 0 unspecified atom stereocenters. The van der Waals surface area contributed by atoms with Crippen molar-refractivity contribution in [2.24, 2.45) is 0 Å². The summed E-state index contributed by atoms with van der Waals surface area (Å²) in [5.41, 5.74) is 1.40. The Bertz CT molecular complexity index is 664. The van der Waals surface area contributed by atoms with E-state index in [0.29, 0.717) is 10.7 Å². The zero-order valence-corrected chi connectivity index (χ0v) is 12.3. The third-order valence-electron chi connectivity index (χ3n) is 2.88. The zero-order chi connectivity index (χ0) is 15.4. The number of methoxy groups -OCH3 is 1. The lowest BCUT2D eigenvalue weighted by molar-refractivity contribution is 0.0682. The largest absolute Gasteiger partial charge is 0.479 e. The lowest BCUT2D eigenvalue weighted by Gasteiger charge is -2.18. The molecule has 0 bridgehead atoms. The monoisotopic (exact) mass is 307 g/mol. The molecule has 1 aromatic heterocycles. The maximum absolute atomic E-state index is 10.9. The average Bonchev–Trinajstić information content (AvgIpc) is 2.47. The SMILES string of the molecule is COc1nc(C(=O)O)ncc1N[C@@H](C)c1ccccc1Cl. The van der Waals surface area contributed by atoms with Crippen molar-refractivity contribution in [1.82, 2.24) is 9.97 Å². The molecule has 0 fully saturated rings. The van der Waals surface area contributed by atoms with E-state index in [9.17, 15) is 4.79 Å². The van der Waals surface area contributed by atoms with Crippen LogP contribution in [0.15, 0.2) is 30.5 Å². The highest BCUT2D eigenvalue weighted by atomic mass is 35.5. The second-order valence-corrected chi connectivity index (χ2v) is 4.72. The number of nitrogens with zero attached hydrogens (tertiary/aromatic N) is 2. The van der Waals surface area contributed by atoms with Crippen LogP contribution in [-0.2, 0) is 0 Å². The highest BCUT2D eigenvalue weighted by Crippen LogP contribution is 2.28. The predicted molar refractivity (Wildman–Crippen MR) is 79.0 cm³/mol. The lowest BCUT2D eigenvalue weighted by Crippen LogP contribution is -2.11. The van der Waals surface area contributed by atoms with Crippen molar-refractivity contribution < 1.29 is 14.6 Å². The number of aromatic nitrogens is 2. The summed E-state index contributed by atoms with van der Waals surface area (Å²) in [6.45, 7) is 1.92. The maximum atomic E-state index is 10.9. The van der Waals surface area contributed by atoms with Gasteiger partial charge < -0.3 is 15.2 Å². The molecule has 2 rings (SSSR count). The number of carboxylic acids is 1. The van der Waals surface area contributed by atoms with Gasteiger partial charge in [-0.15, -0.1) is 0 Å². The molecule has 0 aliphatic heterocycles. The summed E-state index contributed by atoms with van der Waals surface area (Å²) in [6, 6.07) is 7.33. The fourth-order valence-corrected chi connectivity index (χ4v) is 2.16. The Morgan fingerprint density at radius 2 is 2.14 bits per heavy atom. The lowest BCUT2D eigenvalue weighted by atomic mass is 10.1. The number of benzene rings is 1. The smallest absolute Gasteiger partial charge is 0.374 e. The van der Waals surface area contributed by atoms with Crippen molar-refractivity contribution in [2.45, 2.75) is 13.0 Å².